The van der Waals surface area contributed by atoms with E-state index in [9.17, 15) is 9.18 Å². The van der Waals surface area contributed by atoms with Gasteiger partial charge in [-0.05, 0) is 42.8 Å². The average Bonchev–Trinajstić information content (AvgIpc) is 2.98. The van der Waals surface area contributed by atoms with Crippen LogP contribution in [0.4, 0.5) is 4.39 Å². The largest absolute Gasteiger partial charge is 0.493 e. The molecule has 1 heterocycles. The summed E-state index contributed by atoms with van der Waals surface area (Å²) in [7, 11) is 0. The first kappa shape index (κ1) is 16.9. The first-order valence-corrected chi connectivity index (χ1v) is 8.17. The Morgan fingerprint density at radius 2 is 1.92 bits per heavy atom. The van der Waals surface area contributed by atoms with Gasteiger partial charge in [-0.15, -0.1) is 0 Å². The normalized spacial score (nSPS) is 15.2. The highest BCUT2D eigenvalue weighted by molar-refractivity contribution is 6.12. The Bertz CT molecular complexity index is 825. The van der Waals surface area contributed by atoms with Gasteiger partial charge in [0.2, 0.25) is 5.90 Å². The number of hydrogen-bond donors (Lipinski definition) is 0. The number of carbonyl (C=O) groups excluding carboxylic acids is 1. The second-order valence-corrected chi connectivity index (χ2v) is 5.58. The van der Waals surface area contributed by atoms with Crippen molar-refractivity contribution in [2.75, 3.05) is 6.61 Å². The van der Waals surface area contributed by atoms with Gasteiger partial charge in [-0.3, -0.25) is 0 Å². The maximum Gasteiger partial charge on any atom is 0.363 e. The van der Waals surface area contributed by atoms with E-state index in [0.29, 0.717) is 17.9 Å². The fourth-order valence-corrected chi connectivity index (χ4v) is 2.33. The predicted octanol–water partition coefficient (Wildman–Crippen LogP) is 4.35. The van der Waals surface area contributed by atoms with Crippen molar-refractivity contribution < 1.29 is 18.7 Å². The lowest BCUT2D eigenvalue weighted by Crippen LogP contribution is -2.05. The molecular formula is C20H18FNO3. The molecule has 2 aromatic carbocycles. The molecule has 0 fully saturated rings. The number of nitrogens with zero attached hydrogens (tertiary/aromatic N) is 1. The Labute approximate surface area is 145 Å². The SMILES string of the molecule is CCCCOc1ccccc1/C=C1/N=C(c2ccc(F)cc2)OC1=O. The van der Waals surface area contributed by atoms with E-state index in [1.807, 2.05) is 24.3 Å². The number of aliphatic imine (C=N–C) groups is 1. The van der Waals surface area contributed by atoms with Crippen molar-refractivity contribution in [1.82, 2.24) is 0 Å². The molecule has 1 aliphatic heterocycles. The van der Waals surface area contributed by atoms with Crippen molar-refractivity contribution >= 4 is 17.9 Å². The number of esters is 1. The van der Waals surface area contributed by atoms with E-state index < -0.39 is 5.97 Å². The van der Waals surface area contributed by atoms with Crippen LogP contribution in [0.2, 0.25) is 0 Å². The summed E-state index contributed by atoms with van der Waals surface area (Å²) in [6, 6.07) is 13.1. The summed E-state index contributed by atoms with van der Waals surface area (Å²) >= 11 is 0. The maximum atomic E-state index is 13.0. The summed E-state index contributed by atoms with van der Waals surface area (Å²) in [6.45, 7) is 2.71. The van der Waals surface area contributed by atoms with Crippen molar-refractivity contribution in [3.05, 3.63) is 71.2 Å². The smallest absolute Gasteiger partial charge is 0.363 e. The third-order valence-electron chi connectivity index (χ3n) is 3.68. The van der Waals surface area contributed by atoms with Crippen molar-refractivity contribution in [1.29, 1.82) is 0 Å². The number of hydrogen-bond acceptors (Lipinski definition) is 4. The molecule has 3 rings (SSSR count). The van der Waals surface area contributed by atoms with Crippen LogP contribution in [0.3, 0.4) is 0 Å². The van der Waals surface area contributed by atoms with Crippen molar-refractivity contribution in [3.8, 4) is 5.75 Å². The minimum atomic E-state index is -0.539. The van der Waals surface area contributed by atoms with Crippen LogP contribution < -0.4 is 4.74 Å². The molecule has 0 bridgehead atoms. The molecule has 0 radical (unpaired) electrons. The molecule has 0 spiro atoms. The molecule has 4 nitrogen and oxygen atoms in total. The zero-order valence-electron chi connectivity index (χ0n) is 13.9. The fraction of sp³-hybridized carbons (Fsp3) is 0.200. The van der Waals surface area contributed by atoms with E-state index in [2.05, 4.69) is 11.9 Å². The second kappa shape index (κ2) is 7.75. The highest BCUT2D eigenvalue weighted by atomic mass is 19.1. The number of cyclic esters (lactones) is 1. The molecule has 25 heavy (non-hydrogen) atoms. The lowest BCUT2D eigenvalue weighted by atomic mass is 10.1. The molecule has 0 N–H and O–H groups in total. The topological polar surface area (TPSA) is 47.9 Å². The Balaban J connectivity index is 1.86. The van der Waals surface area contributed by atoms with E-state index in [0.717, 1.165) is 18.4 Å². The number of carbonyl (C=O) groups is 1. The third-order valence-corrected chi connectivity index (χ3v) is 3.68. The Morgan fingerprint density at radius 3 is 2.68 bits per heavy atom. The van der Waals surface area contributed by atoms with E-state index in [1.165, 1.54) is 24.3 Å². The van der Waals surface area contributed by atoms with Crippen LogP contribution in [0.15, 0.2) is 59.2 Å². The maximum absolute atomic E-state index is 13.0. The summed E-state index contributed by atoms with van der Waals surface area (Å²) in [4.78, 5) is 16.3. The summed E-state index contributed by atoms with van der Waals surface area (Å²) in [5.41, 5.74) is 1.49. The number of benzene rings is 2. The number of halogens is 1. The zero-order chi connectivity index (χ0) is 17.6. The first-order valence-electron chi connectivity index (χ1n) is 8.17. The number of ether oxygens (including phenoxy) is 2. The van der Waals surface area contributed by atoms with E-state index in [-0.39, 0.29) is 17.4 Å². The summed E-state index contributed by atoms with van der Waals surface area (Å²) < 4.78 is 24.0. The molecule has 0 aromatic heterocycles. The van der Waals surface area contributed by atoms with Gasteiger partial charge in [0.05, 0.1) is 6.61 Å². The minimum Gasteiger partial charge on any atom is -0.493 e. The highest BCUT2D eigenvalue weighted by Crippen LogP contribution is 2.25. The second-order valence-electron chi connectivity index (χ2n) is 5.58. The lowest BCUT2D eigenvalue weighted by Gasteiger charge is -2.08. The van der Waals surface area contributed by atoms with Crippen LogP contribution in [-0.2, 0) is 9.53 Å². The van der Waals surface area contributed by atoms with E-state index >= 15 is 0 Å². The van der Waals surface area contributed by atoms with Crippen LogP contribution in [0.25, 0.3) is 6.08 Å². The molecule has 128 valence electrons. The molecular weight excluding hydrogens is 321 g/mol. The van der Waals surface area contributed by atoms with Crippen LogP contribution >= 0.6 is 0 Å². The van der Waals surface area contributed by atoms with Gasteiger partial charge in [0.15, 0.2) is 5.70 Å². The van der Waals surface area contributed by atoms with Crippen molar-refractivity contribution in [3.63, 3.8) is 0 Å². The molecule has 0 saturated heterocycles. The summed E-state index contributed by atoms with van der Waals surface area (Å²) in [5.74, 6) is -0.0346. The molecule has 0 atom stereocenters. The molecule has 5 heteroatoms. The van der Waals surface area contributed by atoms with E-state index in [1.54, 1.807) is 6.08 Å². The van der Waals surface area contributed by atoms with Gasteiger partial charge < -0.3 is 9.47 Å². The lowest BCUT2D eigenvalue weighted by molar-refractivity contribution is -0.129. The first-order chi connectivity index (χ1) is 12.2. The standard InChI is InChI=1S/C20H18FNO3/c1-2-3-12-24-18-7-5-4-6-15(18)13-17-20(23)25-19(22-17)14-8-10-16(21)11-9-14/h4-11,13H,2-3,12H2,1H3/b17-13+. The summed E-state index contributed by atoms with van der Waals surface area (Å²) in [6.07, 6.45) is 3.64. The Morgan fingerprint density at radius 1 is 1.16 bits per heavy atom. The van der Waals surface area contributed by atoms with Gasteiger partial charge in [0.1, 0.15) is 11.6 Å². The number of unbranched alkanes of at least 4 members (excludes halogenated alkanes) is 1. The highest BCUT2D eigenvalue weighted by Gasteiger charge is 2.24. The van der Waals surface area contributed by atoms with Gasteiger partial charge >= 0.3 is 5.97 Å². The zero-order valence-corrected chi connectivity index (χ0v) is 13.9. The Kier molecular flexibility index (Phi) is 5.23. The van der Waals surface area contributed by atoms with Gasteiger partial charge in [0, 0.05) is 11.1 Å². The number of rotatable bonds is 6. The predicted molar refractivity (Wildman–Crippen MR) is 93.9 cm³/mol. The van der Waals surface area contributed by atoms with Crippen LogP contribution in [0.1, 0.15) is 30.9 Å². The minimum absolute atomic E-state index is 0.167. The molecule has 0 aliphatic carbocycles. The van der Waals surface area contributed by atoms with Gasteiger partial charge in [-0.1, -0.05) is 31.5 Å². The average molecular weight is 339 g/mol. The van der Waals surface area contributed by atoms with Crippen LogP contribution in [0.5, 0.6) is 5.75 Å². The van der Waals surface area contributed by atoms with Crippen molar-refractivity contribution in [2.24, 2.45) is 4.99 Å². The van der Waals surface area contributed by atoms with Crippen LogP contribution in [-0.4, -0.2) is 18.5 Å². The molecule has 0 amide bonds. The fourth-order valence-electron chi connectivity index (χ4n) is 2.33. The number of para-hydroxylation sites is 1. The third kappa shape index (κ3) is 4.12. The Hall–Kier alpha value is -2.95. The van der Waals surface area contributed by atoms with Crippen molar-refractivity contribution in [2.45, 2.75) is 19.8 Å². The van der Waals surface area contributed by atoms with Gasteiger partial charge in [0.25, 0.3) is 0 Å². The summed E-state index contributed by atoms with van der Waals surface area (Å²) in [5, 5.41) is 0. The quantitative estimate of drug-likeness (QED) is 0.447. The molecule has 2 aromatic rings. The molecule has 0 saturated carbocycles. The molecule has 1 aliphatic rings. The monoisotopic (exact) mass is 339 g/mol. The molecule has 0 unspecified atom stereocenters. The van der Waals surface area contributed by atoms with Crippen LogP contribution in [0, 0.1) is 5.82 Å². The van der Waals surface area contributed by atoms with Gasteiger partial charge in [-0.25, -0.2) is 14.2 Å². The van der Waals surface area contributed by atoms with Gasteiger partial charge in [-0.2, -0.15) is 0 Å². The van der Waals surface area contributed by atoms with E-state index in [4.69, 9.17) is 9.47 Å².